The molecule has 1 aromatic carbocycles. The lowest BCUT2D eigenvalue weighted by molar-refractivity contribution is 0.633. The zero-order valence-electron chi connectivity index (χ0n) is 6.16. The van der Waals surface area contributed by atoms with Crippen molar-refractivity contribution >= 4 is 16.7 Å². The second-order valence-electron chi connectivity index (χ2n) is 2.39. The Morgan fingerprint density at radius 1 is 1.17 bits per heavy atom. The van der Waals surface area contributed by atoms with Crippen LogP contribution in [0.5, 0.6) is 0 Å². The third-order valence-corrected chi connectivity index (χ3v) is 1.63. The molecule has 12 heavy (non-hydrogen) atoms. The molecule has 60 valence electrons. The topological polar surface area (TPSA) is 51.8 Å². The van der Waals surface area contributed by atoms with E-state index in [0.717, 1.165) is 0 Å². The number of benzene rings is 1. The van der Waals surface area contributed by atoms with Crippen LogP contribution in [0.3, 0.4) is 0 Å². The molecule has 0 atom stereocenters. The van der Waals surface area contributed by atoms with Crippen LogP contribution in [-0.4, -0.2) is 9.97 Å². The number of nitrogens with zero attached hydrogens (tertiary/aromatic N) is 2. The van der Waals surface area contributed by atoms with E-state index in [1.54, 1.807) is 12.3 Å². The summed E-state index contributed by atoms with van der Waals surface area (Å²) in [5.41, 5.74) is 6.52. The van der Waals surface area contributed by atoms with Crippen molar-refractivity contribution in [2.75, 3.05) is 5.73 Å². The Hall–Kier alpha value is -1.71. The van der Waals surface area contributed by atoms with Gasteiger partial charge in [-0.3, -0.25) is 9.97 Å². The first-order chi connectivity index (χ1) is 5.79. The largest absolute Gasteiger partial charge is 0.395 e. The first-order valence-electron chi connectivity index (χ1n) is 3.44. The summed E-state index contributed by atoms with van der Waals surface area (Å²) in [6, 6.07) is 2.83. The summed E-state index contributed by atoms with van der Waals surface area (Å²) in [5.74, 6) is -0.456. The Morgan fingerprint density at radius 3 is 2.75 bits per heavy atom. The molecule has 0 radical (unpaired) electrons. The van der Waals surface area contributed by atoms with E-state index in [1.165, 1.54) is 12.3 Å². The van der Waals surface area contributed by atoms with Gasteiger partial charge in [0.15, 0.2) is 0 Å². The highest BCUT2D eigenvalue weighted by Gasteiger charge is 2.03. The molecule has 0 bridgehead atoms. The Kier molecular flexibility index (Phi) is 1.40. The average molecular weight is 163 g/mol. The normalized spacial score (nSPS) is 10.4. The number of anilines is 1. The standard InChI is InChI=1S/C8H6FN3/c9-5-1-2-6-8(7(5)10)12-4-3-11-6/h1-4H,10H2. The highest BCUT2D eigenvalue weighted by Crippen LogP contribution is 2.18. The van der Waals surface area contributed by atoms with Crippen LogP contribution in [0, 0.1) is 5.82 Å². The van der Waals surface area contributed by atoms with Crippen molar-refractivity contribution in [3.63, 3.8) is 0 Å². The minimum absolute atomic E-state index is 0.0561. The van der Waals surface area contributed by atoms with Crippen molar-refractivity contribution in [1.29, 1.82) is 0 Å². The van der Waals surface area contributed by atoms with Gasteiger partial charge in [-0.25, -0.2) is 4.39 Å². The van der Waals surface area contributed by atoms with Gasteiger partial charge in [-0.05, 0) is 12.1 Å². The van der Waals surface area contributed by atoms with E-state index in [1.807, 2.05) is 0 Å². The molecular formula is C8H6FN3. The van der Waals surface area contributed by atoms with Gasteiger partial charge in [-0.2, -0.15) is 0 Å². The average Bonchev–Trinajstić information content (AvgIpc) is 2.12. The number of aromatic nitrogens is 2. The minimum Gasteiger partial charge on any atom is -0.395 e. The molecule has 0 aliphatic rings. The first-order valence-corrected chi connectivity index (χ1v) is 3.44. The molecular weight excluding hydrogens is 157 g/mol. The van der Waals surface area contributed by atoms with Gasteiger partial charge < -0.3 is 5.73 Å². The predicted molar refractivity (Wildman–Crippen MR) is 43.9 cm³/mol. The van der Waals surface area contributed by atoms with Crippen molar-refractivity contribution in [3.05, 3.63) is 30.3 Å². The van der Waals surface area contributed by atoms with E-state index in [2.05, 4.69) is 9.97 Å². The van der Waals surface area contributed by atoms with Gasteiger partial charge in [0, 0.05) is 12.4 Å². The second-order valence-corrected chi connectivity index (χ2v) is 2.39. The predicted octanol–water partition coefficient (Wildman–Crippen LogP) is 1.35. The van der Waals surface area contributed by atoms with Gasteiger partial charge in [0.25, 0.3) is 0 Å². The van der Waals surface area contributed by atoms with E-state index in [0.29, 0.717) is 11.0 Å². The molecule has 1 heterocycles. The Balaban J connectivity index is 2.91. The Morgan fingerprint density at radius 2 is 1.92 bits per heavy atom. The molecule has 1 aromatic heterocycles. The minimum atomic E-state index is -0.456. The summed E-state index contributed by atoms with van der Waals surface area (Å²) in [5, 5.41) is 0. The van der Waals surface area contributed by atoms with Gasteiger partial charge in [-0.15, -0.1) is 0 Å². The molecule has 0 amide bonds. The maximum Gasteiger partial charge on any atom is 0.148 e. The van der Waals surface area contributed by atoms with Gasteiger partial charge in [-0.1, -0.05) is 0 Å². The number of hydrogen-bond acceptors (Lipinski definition) is 3. The first kappa shape index (κ1) is 6.97. The third-order valence-electron chi connectivity index (χ3n) is 1.63. The van der Waals surface area contributed by atoms with Crippen molar-refractivity contribution in [3.8, 4) is 0 Å². The molecule has 0 fully saturated rings. The fourth-order valence-corrected chi connectivity index (χ4v) is 1.03. The van der Waals surface area contributed by atoms with E-state index in [-0.39, 0.29) is 5.69 Å². The fourth-order valence-electron chi connectivity index (χ4n) is 1.03. The molecule has 2 N–H and O–H groups in total. The van der Waals surface area contributed by atoms with E-state index in [4.69, 9.17) is 5.73 Å². The number of halogens is 1. The second kappa shape index (κ2) is 2.41. The van der Waals surface area contributed by atoms with Crippen molar-refractivity contribution in [2.24, 2.45) is 0 Å². The van der Waals surface area contributed by atoms with E-state index < -0.39 is 5.82 Å². The molecule has 0 saturated carbocycles. The van der Waals surface area contributed by atoms with Crippen molar-refractivity contribution in [1.82, 2.24) is 9.97 Å². The molecule has 4 heteroatoms. The zero-order chi connectivity index (χ0) is 8.55. The van der Waals surface area contributed by atoms with Crippen molar-refractivity contribution in [2.45, 2.75) is 0 Å². The van der Waals surface area contributed by atoms with Gasteiger partial charge in [0.05, 0.1) is 11.2 Å². The number of nitrogen functional groups attached to an aromatic ring is 1. The SMILES string of the molecule is Nc1c(F)ccc2nccnc12. The lowest BCUT2D eigenvalue weighted by atomic mass is 10.2. The summed E-state index contributed by atoms with van der Waals surface area (Å²) >= 11 is 0. The van der Waals surface area contributed by atoms with Crippen LogP contribution in [0.1, 0.15) is 0 Å². The van der Waals surface area contributed by atoms with Crippen LogP contribution in [0.25, 0.3) is 11.0 Å². The molecule has 0 aliphatic carbocycles. The highest BCUT2D eigenvalue weighted by atomic mass is 19.1. The molecule has 0 spiro atoms. The Labute approximate surface area is 68.1 Å². The van der Waals surface area contributed by atoms with Crippen LogP contribution in [-0.2, 0) is 0 Å². The smallest absolute Gasteiger partial charge is 0.148 e. The van der Waals surface area contributed by atoms with Gasteiger partial charge in [0.1, 0.15) is 11.3 Å². The molecule has 0 saturated heterocycles. The van der Waals surface area contributed by atoms with Crippen LogP contribution in [0.15, 0.2) is 24.5 Å². The number of nitrogens with two attached hydrogens (primary N) is 1. The van der Waals surface area contributed by atoms with Crippen LogP contribution in [0.2, 0.25) is 0 Å². The third kappa shape index (κ3) is 0.887. The van der Waals surface area contributed by atoms with Crippen LogP contribution >= 0.6 is 0 Å². The molecule has 3 nitrogen and oxygen atoms in total. The summed E-state index contributed by atoms with van der Waals surface area (Å²) in [6.45, 7) is 0. The molecule has 0 unspecified atom stereocenters. The van der Waals surface area contributed by atoms with E-state index in [9.17, 15) is 4.39 Å². The Bertz CT molecular complexity index is 428. The quantitative estimate of drug-likeness (QED) is 0.596. The van der Waals surface area contributed by atoms with E-state index >= 15 is 0 Å². The lowest BCUT2D eigenvalue weighted by Crippen LogP contribution is -1.94. The summed E-state index contributed by atoms with van der Waals surface area (Å²) in [4.78, 5) is 7.89. The van der Waals surface area contributed by atoms with Crippen LogP contribution < -0.4 is 5.73 Å². The maximum absolute atomic E-state index is 12.9. The summed E-state index contributed by atoms with van der Waals surface area (Å²) < 4.78 is 12.9. The molecule has 2 rings (SSSR count). The highest BCUT2D eigenvalue weighted by molar-refractivity contribution is 5.86. The summed E-state index contributed by atoms with van der Waals surface area (Å²) in [7, 11) is 0. The maximum atomic E-state index is 12.9. The number of rotatable bonds is 0. The number of hydrogen-bond donors (Lipinski definition) is 1. The molecule has 2 aromatic rings. The number of fused-ring (bicyclic) bond motifs is 1. The van der Waals surface area contributed by atoms with Crippen molar-refractivity contribution < 1.29 is 4.39 Å². The fraction of sp³-hybridized carbons (Fsp3) is 0. The zero-order valence-corrected chi connectivity index (χ0v) is 6.16. The summed E-state index contributed by atoms with van der Waals surface area (Å²) in [6.07, 6.45) is 3.03. The lowest BCUT2D eigenvalue weighted by Gasteiger charge is -1.99. The van der Waals surface area contributed by atoms with Gasteiger partial charge >= 0.3 is 0 Å². The van der Waals surface area contributed by atoms with Gasteiger partial charge in [0.2, 0.25) is 0 Å². The van der Waals surface area contributed by atoms with Crippen LogP contribution in [0.4, 0.5) is 10.1 Å². The molecule has 0 aliphatic heterocycles. The monoisotopic (exact) mass is 163 g/mol.